The van der Waals surface area contributed by atoms with Gasteiger partial charge in [0.25, 0.3) is 0 Å². The molecule has 19 heteroatoms. The summed E-state index contributed by atoms with van der Waals surface area (Å²) >= 11 is 0. The van der Waals surface area contributed by atoms with Crippen LogP contribution in [-0.2, 0) is 33.2 Å². The summed E-state index contributed by atoms with van der Waals surface area (Å²) < 4.78 is 34.2. The number of unbranched alkanes of at least 4 members (excludes halogenated alkanes) is 17. The molecule has 80 heavy (non-hydrogen) atoms. The van der Waals surface area contributed by atoms with Crippen molar-refractivity contribution in [1.29, 1.82) is 0 Å². The fourth-order valence-electron chi connectivity index (χ4n) is 9.80. The Kier molecular flexibility index (Phi) is 39.2. The van der Waals surface area contributed by atoms with Gasteiger partial charge in [-0.2, -0.15) is 0 Å². The Bertz CT molecular complexity index is 1740. The van der Waals surface area contributed by atoms with Gasteiger partial charge < -0.3 is 89.9 Å². The Labute approximate surface area is 477 Å². The van der Waals surface area contributed by atoms with Gasteiger partial charge in [-0.15, -0.1) is 0 Å². The number of hydrogen-bond acceptors (Lipinski definition) is 18. The summed E-state index contributed by atoms with van der Waals surface area (Å²) in [7, 11) is 0. The highest BCUT2D eigenvalue weighted by Crippen LogP contribution is 2.33. The molecule has 0 bridgehead atoms. The number of nitrogens with one attached hydrogen (secondary N) is 1. The van der Waals surface area contributed by atoms with Crippen molar-refractivity contribution in [3.63, 3.8) is 0 Å². The SMILES string of the molecule is CC/C=C\C/C=C\C/C=C\C/C=C\C/C=C\CCCCCCCC(=O)NC(COC1OC(CO)C(OC2OC(CO)C(OC3OC(CO)C(O)C(O)C3O)C(O)C2O)C(O)C1O)C(O)/C=C/CCCCCCCCCCCCCC. The second-order valence-corrected chi connectivity index (χ2v) is 21.4. The molecule has 3 aliphatic heterocycles. The summed E-state index contributed by atoms with van der Waals surface area (Å²) in [6.07, 6.45) is 24.4. The minimum absolute atomic E-state index is 0.217. The molecule has 0 radical (unpaired) electrons. The first-order valence-electron chi connectivity index (χ1n) is 30.2. The summed E-state index contributed by atoms with van der Waals surface area (Å²) in [6.45, 7) is 1.57. The second-order valence-electron chi connectivity index (χ2n) is 21.4. The third-order valence-electron chi connectivity index (χ3n) is 14.8. The topological polar surface area (TPSA) is 307 Å². The molecule has 462 valence electrons. The van der Waals surface area contributed by atoms with E-state index in [4.69, 9.17) is 28.4 Å². The lowest BCUT2D eigenvalue weighted by atomic mass is 9.96. The molecule has 3 fully saturated rings. The number of allylic oxidation sites excluding steroid dienone is 11. The molecule has 0 aromatic carbocycles. The maximum absolute atomic E-state index is 13.3. The highest BCUT2D eigenvalue weighted by atomic mass is 16.8. The van der Waals surface area contributed by atoms with E-state index in [1.807, 2.05) is 6.08 Å². The van der Waals surface area contributed by atoms with Crippen LogP contribution in [0.25, 0.3) is 0 Å². The highest BCUT2D eigenvalue weighted by molar-refractivity contribution is 5.76. The zero-order valence-corrected chi connectivity index (χ0v) is 48.0. The molecule has 0 saturated carbocycles. The minimum Gasteiger partial charge on any atom is -0.394 e. The fourth-order valence-corrected chi connectivity index (χ4v) is 9.80. The standard InChI is InChI=1S/C61H105NO18/c1-3-5-7-9-11-13-15-17-19-20-21-22-23-24-25-27-29-31-33-35-37-39-49(67)62-44(45(66)38-36-34-32-30-28-26-18-16-14-12-10-8-6-4-2)43-75-59-55(73)52(70)57(47(41-64)77-59)80-61-56(74)53(71)58(48(42-65)78-61)79-60-54(72)51(69)50(68)46(40-63)76-60/h5,7,11,13,17,19,21-22,24-25,36,38,44-48,50-61,63-66,68-74H,3-4,6,8-10,12,14-16,18,20,23,26-35,37,39-43H2,1-2H3,(H,62,67)/b7-5-,13-11-,19-17-,22-21-,25-24-,38-36+. The summed E-state index contributed by atoms with van der Waals surface area (Å²) in [4.78, 5) is 13.3. The van der Waals surface area contributed by atoms with E-state index in [2.05, 4.69) is 79.9 Å². The van der Waals surface area contributed by atoms with Gasteiger partial charge in [-0.25, -0.2) is 0 Å². The van der Waals surface area contributed by atoms with Gasteiger partial charge in [0, 0.05) is 6.42 Å². The molecular weight excluding hydrogens is 1030 g/mol. The average molecular weight is 1140 g/mol. The number of amides is 1. The van der Waals surface area contributed by atoms with Gasteiger partial charge in [0.2, 0.25) is 5.91 Å². The molecule has 0 aromatic rings. The van der Waals surface area contributed by atoms with Crippen LogP contribution < -0.4 is 5.32 Å². The first-order valence-corrected chi connectivity index (χ1v) is 30.2. The van der Waals surface area contributed by atoms with Gasteiger partial charge in [-0.1, -0.05) is 177 Å². The third kappa shape index (κ3) is 27.3. The highest BCUT2D eigenvalue weighted by Gasteiger charge is 2.53. The lowest BCUT2D eigenvalue weighted by Crippen LogP contribution is -2.66. The number of rotatable bonds is 43. The summed E-state index contributed by atoms with van der Waals surface area (Å²) in [5.41, 5.74) is 0. The molecule has 3 heterocycles. The third-order valence-corrected chi connectivity index (χ3v) is 14.8. The van der Waals surface area contributed by atoms with Crippen LogP contribution >= 0.6 is 0 Å². The van der Waals surface area contributed by atoms with Gasteiger partial charge in [0.05, 0.1) is 38.6 Å². The van der Waals surface area contributed by atoms with Crippen LogP contribution in [0.4, 0.5) is 0 Å². The van der Waals surface area contributed by atoms with Gasteiger partial charge >= 0.3 is 0 Å². The smallest absolute Gasteiger partial charge is 0.220 e. The Morgan fingerprint density at radius 3 is 1.35 bits per heavy atom. The molecule has 1 amide bonds. The van der Waals surface area contributed by atoms with Crippen LogP contribution in [0, 0.1) is 0 Å². The second kappa shape index (κ2) is 43.8. The lowest BCUT2D eigenvalue weighted by Gasteiger charge is -2.48. The number of carbonyl (C=O) groups is 1. The largest absolute Gasteiger partial charge is 0.394 e. The number of aliphatic hydroxyl groups is 11. The number of aliphatic hydroxyl groups excluding tert-OH is 11. The zero-order valence-electron chi connectivity index (χ0n) is 48.0. The van der Waals surface area contributed by atoms with E-state index in [0.717, 1.165) is 89.9 Å². The molecule has 3 saturated heterocycles. The van der Waals surface area contributed by atoms with Crippen molar-refractivity contribution in [2.24, 2.45) is 0 Å². The summed E-state index contributed by atoms with van der Waals surface area (Å²) in [5.74, 6) is -0.298. The molecule has 17 atom stereocenters. The van der Waals surface area contributed by atoms with Crippen molar-refractivity contribution in [3.05, 3.63) is 72.9 Å². The van der Waals surface area contributed by atoms with Crippen molar-refractivity contribution in [3.8, 4) is 0 Å². The Morgan fingerprint density at radius 1 is 0.463 bits per heavy atom. The first-order chi connectivity index (χ1) is 38.8. The lowest BCUT2D eigenvalue weighted by molar-refractivity contribution is -0.379. The van der Waals surface area contributed by atoms with Gasteiger partial charge in [-0.3, -0.25) is 4.79 Å². The van der Waals surface area contributed by atoms with Gasteiger partial charge in [-0.05, 0) is 64.2 Å². The molecule has 12 N–H and O–H groups in total. The predicted molar refractivity (Wildman–Crippen MR) is 305 cm³/mol. The van der Waals surface area contributed by atoms with E-state index in [1.54, 1.807) is 6.08 Å². The van der Waals surface area contributed by atoms with Crippen molar-refractivity contribution >= 4 is 5.91 Å². The van der Waals surface area contributed by atoms with Gasteiger partial charge in [0.15, 0.2) is 18.9 Å². The van der Waals surface area contributed by atoms with E-state index >= 15 is 0 Å². The van der Waals surface area contributed by atoms with Crippen LogP contribution in [0.15, 0.2) is 72.9 Å². The Balaban J connectivity index is 1.51. The molecule has 17 unspecified atom stereocenters. The van der Waals surface area contributed by atoms with Crippen molar-refractivity contribution in [2.75, 3.05) is 26.4 Å². The molecule has 0 aromatic heterocycles. The summed E-state index contributed by atoms with van der Waals surface area (Å²) in [5, 5.41) is 120. The van der Waals surface area contributed by atoms with Crippen molar-refractivity contribution < 1.29 is 89.4 Å². The fraction of sp³-hybridized carbons (Fsp3) is 0.787. The predicted octanol–water partition coefficient (Wildman–Crippen LogP) is 5.43. The van der Waals surface area contributed by atoms with Crippen molar-refractivity contribution in [2.45, 2.75) is 279 Å². The van der Waals surface area contributed by atoms with Gasteiger partial charge in [0.1, 0.15) is 73.2 Å². The molecule has 0 aliphatic carbocycles. The van der Waals surface area contributed by atoms with Crippen LogP contribution in [-0.4, -0.2) is 193 Å². The summed E-state index contributed by atoms with van der Waals surface area (Å²) in [6, 6.07) is -0.987. The van der Waals surface area contributed by atoms with Crippen LogP contribution in [0.3, 0.4) is 0 Å². The maximum Gasteiger partial charge on any atom is 0.220 e. The quantitative estimate of drug-likeness (QED) is 0.0268. The van der Waals surface area contributed by atoms with E-state index in [0.29, 0.717) is 6.42 Å². The zero-order chi connectivity index (χ0) is 58.3. The normalized spacial score (nSPS) is 30.5. The molecule has 3 aliphatic rings. The molecule has 19 nitrogen and oxygen atoms in total. The van der Waals surface area contributed by atoms with E-state index in [1.165, 1.54) is 57.8 Å². The minimum atomic E-state index is -1.98. The molecular formula is C61H105NO18. The van der Waals surface area contributed by atoms with E-state index < -0.39 is 124 Å². The Morgan fingerprint density at radius 2 is 0.863 bits per heavy atom. The monoisotopic (exact) mass is 1140 g/mol. The molecule has 3 rings (SSSR count). The number of ether oxygens (including phenoxy) is 6. The van der Waals surface area contributed by atoms with Crippen LogP contribution in [0.1, 0.15) is 174 Å². The van der Waals surface area contributed by atoms with E-state index in [-0.39, 0.29) is 18.9 Å². The van der Waals surface area contributed by atoms with Crippen LogP contribution in [0.2, 0.25) is 0 Å². The maximum atomic E-state index is 13.3. The number of carbonyl (C=O) groups excluding carboxylic acids is 1. The Hall–Kier alpha value is -2.77. The van der Waals surface area contributed by atoms with Crippen molar-refractivity contribution in [1.82, 2.24) is 5.32 Å². The first kappa shape index (κ1) is 71.5. The van der Waals surface area contributed by atoms with E-state index in [9.17, 15) is 61.0 Å². The van der Waals surface area contributed by atoms with Crippen LogP contribution in [0.5, 0.6) is 0 Å². The molecule has 0 spiro atoms. The average Bonchev–Trinajstić information content (AvgIpc) is 3.45. The number of hydrogen-bond donors (Lipinski definition) is 12.